The molecule has 0 spiro atoms. The number of allylic oxidation sites excluding steroid dienone is 1. The van der Waals surface area contributed by atoms with Crippen molar-refractivity contribution >= 4 is 34.5 Å². The van der Waals surface area contributed by atoms with Crippen LogP contribution in [-0.4, -0.2) is 73.1 Å². The number of anilines is 1. The topological polar surface area (TPSA) is 102 Å². The molecular formula is C26H29N5O4. The third-order valence-electron chi connectivity index (χ3n) is 6.59. The van der Waals surface area contributed by atoms with Crippen LogP contribution in [0.3, 0.4) is 0 Å². The van der Waals surface area contributed by atoms with E-state index in [4.69, 9.17) is 15.2 Å². The smallest absolute Gasteiger partial charge is 0.316 e. The lowest BCUT2D eigenvalue weighted by molar-refractivity contribution is 0.101. The first-order valence-corrected chi connectivity index (χ1v) is 11.6. The zero-order valence-corrected chi connectivity index (χ0v) is 19.9. The Balaban J connectivity index is 1.44. The van der Waals surface area contributed by atoms with Gasteiger partial charge in [-0.1, -0.05) is 0 Å². The normalized spacial score (nSPS) is 17.5. The summed E-state index contributed by atoms with van der Waals surface area (Å²) in [5.74, 6) is 1.19. The van der Waals surface area contributed by atoms with Gasteiger partial charge in [-0.2, -0.15) is 0 Å². The number of hydrogen-bond donors (Lipinski definition) is 2. The number of benzene rings is 2. The Morgan fingerprint density at radius 2 is 1.94 bits per heavy atom. The fourth-order valence-corrected chi connectivity index (χ4v) is 4.60. The van der Waals surface area contributed by atoms with Crippen molar-refractivity contribution in [2.75, 3.05) is 52.2 Å². The van der Waals surface area contributed by atoms with Crippen molar-refractivity contribution in [2.24, 2.45) is 5.73 Å². The Hall–Kier alpha value is -3.82. The number of ether oxygens (including phenoxy) is 2. The van der Waals surface area contributed by atoms with E-state index in [1.54, 1.807) is 31.4 Å². The van der Waals surface area contributed by atoms with Crippen molar-refractivity contribution in [1.82, 2.24) is 14.4 Å². The molecule has 182 valence electrons. The van der Waals surface area contributed by atoms with E-state index in [1.165, 1.54) is 0 Å². The predicted molar refractivity (Wildman–Crippen MR) is 135 cm³/mol. The highest BCUT2D eigenvalue weighted by atomic mass is 16.5. The summed E-state index contributed by atoms with van der Waals surface area (Å²) in [6, 6.07) is 10.2. The molecule has 1 fully saturated rings. The minimum absolute atomic E-state index is 0.233. The number of amides is 2. The van der Waals surface area contributed by atoms with Gasteiger partial charge in [-0.15, -0.1) is 0 Å². The molecule has 9 heteroatoms. The molecular weight excluding hydrogens is 446 g/mol. The van der Waals surface area contributed by atoms with E-state index in [-0.39, 0.29) is 11.5 Å². The Labute approximate surface area is 203 Å². The number of fused-ring (bicyclic) bond motifs is 2. The van der Waals surface area contributed by atoms with Gasteiger partial charge in [-0.05, 0) is 49.5 Å². The summed E-state index contributed by atoms with van der Waals surface area (Å²) in [5.41, 5.74) is 7.98. The molecule has 3 aromatic rings. The molecule has 0 radical (unpaired) electrons. The average molecular weight is 476 g/mol. The van der Waals surface area contributed by atoms with Gasteiger partial charge in [-0.3, -0.25) is 9.69 Å². The maximum Gasteiger partial charge on any atom is 0.316 e. The minimum atomic E-state index is -0.689. The standard InChI is InChI=1S/C26H29N5O4/c1-29-7-9-30(10-8-29)11-12-31-16-17(20-15-19(34-2)4-5-22(20)31)13-24-25(32)21-14-18(28-26(27)33)3-6-23(21)35-24/h3-6,13-16H,7-12H2,1-2H3,(H3,27,28,33)/b24-13-. The summed E-state index contributed by atoms with van der Waals surface area (Å²) in [5, 5.41) is 3.48. The predicted octanol–water partition coefficient (Wildman–Crippen LogP) is 3.00. The van der Waals surface area contributed by atoms with E-state index in [1.807, 2.05) is 18.2 Å². The van der Waals surface area contributed by atoms with Gasteiger partial charge in [0.25, 0.3) is 0 Å². The van der Waals surface area contributed by atoms with Crippen molar-refractivity contribution in [1.29, 1.82) is 0 Å². The number of methoxy groups -OCH3 is 1. The Bertz CT molecular complexity index is 1320. The van der Waals surface area contributed by atoms with Gasteiger partial charge in [0.05, 0.1) is 12.7 Å². The van der Waals surface area contributed by atoms with Crippen molar-refractivity contribution in [3.63, 3.8) is 0 Å². The fourth-order valence-electron chi connectivity index (χ4n) is 4.60. The molecule has 2 aromatic carbocycles. The van der Waals surface area contributed by atoms with Crippen LogP contribution in [-0.2, 0) is 6.54 Å². The van der Waals surface area contributed by atoms with Gasteiger partial charge in [0.15, 0.2) is 5.76 Å². The second-order valence-corrected chi connectivity index (χ2v) is 8.95. The molecule has 0 bridgehead atoms. The number of hydrogen-bond acceptors (Lipinski definition) is 6. The summed E-state index contributed by atoms with van der Waals surface area (Å²) < 4.78 is 13.6. The Morgan fingerprint density at radius 1 is 1.14 bits per heavy atom. The minimum Gasteiger partial charge on any atom is -0.497 e. The van der Waals surface area contributed by atoms with E-state index in [0.717, 1.165) is 61.5 Å². The summed E-state index contributed by atoms with van der Waals surface area (Å²) >= 11 is 0. The van der Waals surface area contributed by atoms with Crippen LogP contribution in [0.2, 0.25) is 0 Å². The van der Waals surface area contributed by atoms with Crippen LogP contribution in [0, 0.1) is 0 Å². The Kier molecular flexibility index (Phi) is 6.19. The first-order valence-electron chi connectivity index (χ1n) is 11.6. The first-order chi connectivity index (χ1) is 16.9. The van der Waals surface area contributed by atoms with E-state index < -0.39 is 6.03 Å². The third-order valence-corrected chi connectivity index (χ3v) is 6.59. The lowest BCUT2D eigenvalue weighted by Gasteiger charge is -2.32. The fraction of sp³-hybridized carbons (Fsp3) is 0.308. The molecule has 2 aliphatic rings. The molecule has 2 aliphatic heterocycles. The molecule has 9 nitrogen and oxygen atoms in total. The molecule has 5 rings (SSSR count). The first kappa shape index (κ1) is 22.9. The van der Waals surface area contributed by atoms with Crippen molar-refractivity contribution in [3.05, 3.63) is 59.5 Å². The molecule has 1 saturated heterocycles. The van der Waals surface area contributed by atoms with Gasteiger partial charge in [0.2, 0.25) is 5.78 Å². The van der Waals surface area contributed by atoms with E-state index in [9.17, 15) is 9.59 Å². The van der Waals surface area contributed by atoms with Crippen molar-refractivity contribution in [3.8, 4) is 11.5 Å². The monoisotopic (exact) mass is 475 g/mol. The number of carbonyl (C=O) groups is 2. The number of ketones is 1. The number of nitrogens with two attached hydrogens (primary N) is 1. The van der Waals surface area contributed by atoms with Gasteiger partial charge >= 0.3 is 6.03 Å². The highest BCUT2D eigenvalue weighted by Gasteiger charge is 2.28. The summed E-state index contributed by atoms with van der Waals surface area (Å²) in [4.78, 5) is 29.1. The quantitative estimate of drug-likeness (QED) is 0.532. The number of piperazine rings is 1. The number of aromatic nitrogens is 1. The van der Waals surface area contributed by atoms with Crippen molar-refractivity contribution in [2.45, 2.75) is 6.54 Å². The maximum atomic E-state index is 13.1. The summed E-state index contributed by atoms with van der Waals surface area (Å²) in [6.07, 6.45) is 3.84. The molecule has 2 amide bonds. The lowest BCUT2D eigenvalue weighted by atomic mass is 10.1. The highest BCUT2D eigenvalue weighted by molar-refractivity contribution is 6.15. The second kappa shape index (κ2) is 9.44. The van der Waals surface area contributed by atoms with Crippen LogP contribution in [0.5, 0.6) is 11.5 Å². The van der Waals surface area contributed by atoms with Crippen LogP contribution in [0.1, 0.15) is 15.9 Å². The second-order valence-electron chi connectivity index (χ2n) is 8.95. The number of carbonyl (C=O) groups excluding carboxylic acids is 2. The van der Waals surface area contributed by atoms with Gasteiger partial charge in [0.1, 0.15) is 11.5 Å². The SMILES string of the molecule is COc1ccc2c(c1)c(/C=C1\Oc3ccc(NC(N)=O)cc3C1=O)cn2CCN1CCN(C)CC1. The molecule has 0 atom stereocenters. The number of rotatable bonds is 6. The molecule has 0 saturated carbocycles. The number of primary amides is 1. The van der Waals surface area contributed by atoms with E-state index >= 15 is 0 Å². The lowest BCUT2D eigenvalue weighted by Crippen LogP contribution is -2.45. The molecule has 1 aromatic heterocycles. The van der Waals surface area contributed by atoms with Crippen LogP contribution in [0.15, 0.2) is 48.4 Å². The highest BCUT2D eigenvalue weighted by Crippen LogP contribution is 2.35. The average Bonchev–Trinajstić information content (AvgIpc) is 3.35. The summed E-state index contributed by atoms with van der Waals surface area (Å²) in [6.45, 7) is 6.08. The molecule has 0 unspecified atom stereocenters. The van der Waals surface area contributed by atoms with Crippen molar-refractivity contribution < 1.29 is 19.1 Å². The largest absolute Gasteiger partial charge is 0.497 e. The zero-order chi connectivity index (χ0) is 24.5. The summed E-state index contributed by atoms with van der Waals surface area (Å²) in [7, 11) is 3.80. The maximum absolute atomic E-state index is 13.1. The Morgan fingerprint density at radius 3 is 2.69 bits per heavy atom. The third kappa shape index (κ3) is 4.73. The van der Waals surface area contributed by atoms with Crippen LogP contribution in [0.25, 0.3) is 17.0 Å². The molecule has 3 N–H and O–H groups in total. The van der Waals surface area contributed by atoms with Crippen LogP contribution in [0.4, 0.5) is 10.5 Å². The number of nitrogens with one attached hydrogen (secondary N) is 1. The van der Waals surface area contributed by atoms with Crippen LogP contribution < -0.4 is 20.5 Å². The zero-order valence-electron chi connectivity index (χ0n) is 19.9. The van der Waals surface area contributed by atoms with Gasteiger partial charge < -0.3 is 30.0 Å². The van der Waals surface area contributed by atoms with Gasteiger partial charge in [0, 0.05) is 67.6 Å². The molecule has 3 heterocycles. The number of likely N-dealkylation sites (N-methyl/N-ethyl adjacent to an activating group) is 1. The van der Waals surface area contributed by atoms with Gasteiger partial charge in [-0.25, -0.2) is 4.79 Å². The number of urea groups is 1. The van der Waals surface area contributed by atoms with E-state index in [2.05, 4.69) is 32.9 Å². The van der Waals surface area contributed by atoms with Crippen LogP contribution >= 0.6 is 0 Å². The number of Topliss-reactive ketones (excluding diaryl/α,β-unsaturated/α-hetero) is 1. The molecule has 0 aliphatic carbocycles. The van der Waals surface area contributed by atoms with E-state index in [0.29, 0.717) is 17.0 Å². The molecule has 35 heavy (non-hydrogen) atoms. The number of nitrogens with zero attached hydrogens (tertiary/aromatic N) is 3.